The van der Waals surface area contributed by atoms with Gasteiger partial charge in [-0.3, -0.25) is 4.79 Å². The molecular formula is C15H18N2O3. The Kier molecular flexibility index (Phi) is 5.27. The highest BCUT2D eigenvalue weighted by molar-refractivity contribution is 5.96. The van der Waals surface area contributed by atoms with Crippen molar-refractivity contribution in [2.45, 2.75) is 33.2 Å². The summed E-state index contributed by atoms with van der Waals surface area (Å²) in [5, 5.41) is 20.3. The minimum Gasteiger partial charge on any atom is -0.480 e. The number of carboxylic acids is 1. The minimum atomic E-state index is -1.13. The van der Waals surface area contributed by atoms with Gasteiger partial charge in [0.1, 0.15) is 6.04 Å². The number of hydrogen-bond donors (Lipinski definition) is 2. The van der Waals surface area contributed by atoms with E-state index in [9.17, 15) is 9.59 Å². The third-order valence-electron chi connectivity index (χ3n) is 2.90. The molecule has 1 amide bonds. The molecule has 5 nitrogen and oxygen atoms in total. The fraction of sp³-hybridized carbons (Fsp3) is 0.400. The van der Waals surface area contributed by atoms with Crippen molar-refractivity contribution in [1.29, 1.82) is 5.26 Å². The number of carbonyl (C=O) groups is 2. The number of carboxylic acid groups (broad SMARTS) is 1. The summed E-state index contributed by atoms with van der Waals surface area (Å²) in [6.45, 7) is 5.37. The molecule has 20 heavy (non-hydrogen) atoms. The van der Waals surface area contributed by atoms with Gasteiger partial charge in [0.25, 0.3) is 5.91 Å². The number of nitrogens with one attached hydrogen (secondary N) is 1. The number of carbonyl (C=O) groups excluding carboxylic acids is 1. The lowest BCUT2D eigenvalue weighted by Crippen LogP contribution is -2.41. The normalized spacial score (nSPS) is 13.1. The number of rotatable bonds is 5. The van der Waals surface area contributed by atoms with Crippen LogP contribution in [0.2, 0.25) is 0 Å². The second-order valence-electron chi connectivity index (χ2n) is 5.01. The molecule has 0 unspecified atom stereocenters. The summed E-state index contributed by atoms with van der Waals surface area (Å²) in [4.78, 5) is 23.2. The van der Waals surface area contributed by atoms with E-state index in [-0.39, 0.29) is 6.42 Å². The van der Waals surface area contributed by atoms with Gasteiger partial charge in [-0.25, -0.2) is 4.79 Å². The van der Waals surface area contributed by atoms with E-state index in [1.54, 1.807) is 19.1 Å². The lowest BCUT2D eigenvalue weighted by atomic mass is 10.0. The van der Waals surface area contributed by atoms with Crippen molar-refractivity contribution < 1.29 is 14.7 Å². The molecule has 0 fully saturated rings. The van der Waals surface area contributed by atoms with Gasteiger partial charge in [-0.1, -0.05) is 17.2 Å². The zero-order chi connectivity index (χ0) is 15.3. The first-order chi connectivity index (χ1) is 9.33. The van der Waals surface area contributed by atoms with E-state index in [1.165, 1.54) is 0 Å². The van der Waals surface area contributed by atoms with E-state index in [1.807, 2.05) is 26.0 Å². The van der Waals surface area contributed by atoms with Crippen LogP contribution in [-0.4, -0.2) is 23.0 Å². The highest BCUT2D eigenvalue weighted by Crippen LogP contribution is 2.11. The van der Waals surface area contributed by atoms with Gasteiger partial charge < -0.3 is 10.4 Å². The molecule has 0 radical (unpaired) electrons. The Labute approximate surface area is 118 Å². The zero-order valence-electron chi connectivity index (χ0n) is 11.8. The Bertz CT molecular complexity index is 540. The summed E-state index contributed by atoms with van der Waals surface area (Å²) in [6, 6.07) is 6.25. The van der Waals surface area contributed by atoms with Crippen LogP contribution in [0.15, 0.2) is 18.2 Å². The van der Waals surface area contributed by atoms with E-state index in [0.29, 0.717) is 5.56 Å². The molecule has 0 spiro atoms. The number of nitriles is 1. The van der Waals surface area contributed by atoms with Gasteiger partial charge in [0, 0.05) is 11.5 Å². The van der Waals surface area contributed by atoms with E-state index in [2.05, 4.69) is 5.32 Å². The minimum absolute atomic E-state index is 0.0857. The van der Waals surface area contributed by atoms with E-state index >= 15 is 0 Å². The van der Waals surface area contributed by atoms with Gasteiger partial charge >= 0.3 is 5.97 Å². The Balaban J connectivity index is 2.86. The van der Waals surface area contributed by atoms with Gasteiger partial charge in [-0.2, -0.15) is 5.26 Å². The Morgan fingerprint density at radius 1 is 1.30 bits per heavy atom. The Morgan fingerprint density at radius 2 is 1.85 bits per heavy atom. The molecule has 0 saturated carbocycles. The van der Waals surface area contributed by atoms with Crippen molar-refractivity contribution in [3.05, 3.63) is 34.9 Å². The van der Waals surface area contributed by atoms with Crippen LogP contribution in [-0.2, 0) is 4.79 Å². The molecule has 1 rings (SSSR count). The van der Waals surface area contributed by atoms with Crippen LogP contribution in [0.5, 0.6) is 0 Å². The van der Waals surface area contributed by atoms with Crippen LogP contribution >= 0.6 is 0 Å². The summed E-state index contributed by atoms with van der Waals surface area (Å²) in [7, 11) is 0. The molecule has 0 aliphatic rings. The fourth-order valence-electron chi connectivity index (χ4n) is 1.98. The molecule has 1 aromatic rings. The summed E-state index contributed by atoms with van der Waals surface area (Å²) >= 11 is 0. The number of aliphatic carboxylic acids is 1. The number of nitrogens with zero attached hydrogens (tertiary/aromatic N) is 1. The van der Waals surface area contributed by atoms with E-state index in [0.717, 1.165) is 11.1 Å². The maximum Gasteiger partial charge on any atom is 0.326 e. The molecule has 0 heterocycles. The van der Waals surface area contributed by atoms with Gasteiger partial charge in [0.15, 0.2) is 0 Å². The van der Waals surface area contributed by atoms with Crippen LogP contribution in [0, 0.1) is 31.1 Å². The van der Waals surface area contributed by atoms with Crippen molar-refractivity contribution in [2.24, 2.45) is 5.92 Å². The van der Waals surface area contributed by atoms with Crippen molar-refractivity contribution in [3.63, 3.8) is 0 Å². The molecule has 1 aromatic carbocycles. The van der Waals surface area contributed by atoms with Crippen LogP contribution in [0.3, 0.4) is 0 Å². The highest BCUT2D eigenvalue weighted by atomic mass is 16.4. The lowest BCUT2D eigenvalue weighted by molar-refractivity contribution is -0.139. The summed E-state index contributed by atoms with van der Waals surface area (Å²) < 4.78 is 0. The van der Waals surface area contributed by atoms with Gasteiger partial charge in [0.05, 0.1) is 6.07 Å². The predicted octanol–water partition coefficient (Wildman–Crippen LogP) is 2.04. The largest absolute Gasteiger partial charge is 0.480 e. The second-order valence-corrected chi connectivity index (χ2v) is 5.01. The summed E-state index contributed by atoms with van der Waals surface area (Å²) in [5.74, 6) is -2.00. The molecule has 0 aliphatic heterocycles. The van der Waals surface area contributed by atoms with Crippen molar-refractivity contribution in [1.82, 2.24) is 5.32 Å². The average molecular weight is 274 g/mol. The van der Waals surface area contributed by atoms with Crippen LogP contribution in [0.1, 0.15) is 34.8 Å². The molecular weight excluding hydrogens is 256 g/mol. The molecule has 2 N–H and O–H groups in total. The molecule has 2 atom stereocenters. The smallest absolute Gasteiger partial charge is 0.326 e. The molecule has 0 aliphatic carbocycles. The van der Waals surface area contributed by atoms with Gasteiger partial charge in [-0.05, 0) is 39.3 Å². The number of benzene rings is 1. The number of aryl methyl sites for hydroxylation is 2. The molecule has 106 valence electrons. The first-order valence-electron chi connectivity index (χ1n) is 6.35. The molecule has 5 heteroatoms. The maximum absolute atomic E-state index is 12.1. The molecule has 0 bridgehead atoms. The van der Waals surface area contributed by atoms with E-state index in [4.69, 9.17) is 10.4 Å². The Hall–Kier alpha value is -2.35. The monoisotopic (exact) mass is 274 g/mol. The van der Waals surface area contributed by atoms with E-state index < -0.39 is 23.8 Å². The van der Waals surface area contributed by atoms with Crippen LogP contribution < -0.4 is 5.32 Å². The quantitative estimate of drug-likeness (QED) is 0.859. The predicted molar refractivity (Wildman–Crippen MR) is 74.2 cm³/mol. The summed E-state index contributed by atoms with van der Waals surface area (Å²) in [6.07, 6.45) is 0.0857. The molecule has 0 aromatic heterocycles. The van der Waals surface area contributed by atoms with Crippen LogP contribution in [0.25, 0.3) is 0 Å². The maximum atomic E-state index is 12.1. The average Bonchev–Trinajstić information content (AvgIpc) is 2.36. The first-order valence-corrected chi connectivity index (χ1v) is 6.35. The van der Waals surface area contributed by atoms with Crippen molar-refractivity contribution in [2.75, 3.05) is 0 Å². The number of amides is 1. The fourth-order valence-corrected chi connectivity index (χ4v) is 1.98. The van der Waals surface area contributed by atoms with Gasteiger partial charge in [-0.15, -0.1) is 0 Å². The number of hydrogen-bond acceptors (Lipinski definition) is 3. The Morgan fingerprint density at radius 3 is 2.30 bits per heavy atom. The standard InChI is InChI=1S/C15H18N2O3/c1-9-4-10(2)6-12(5-9)14(18)17-13(15(19)20)7-11(3)8-16/h4-6,11,13H,7H2,1-3H3,(H,17,18)(H,19,20)/t11-,13-/m0/s1. The highest BCUT2D eigenvalue weighted by Gasteiger charge is 2.23. The SMILES string of the molecule is Cc1cc(C)cc(C(=O)N[C@@H](C[C@H](C)C#N)C(=O)O)c1. The third-order valence-corrected chi connectivity index (χ3v) is 2.90. The lowest BCUT2D eigenvalue weighted by Gasteiger charge is -2.16. The summed E-state index contributed by atoms with van der Waals surface area (Å²) in [5.41, 5.74) is 2.30. The first kappa shape index (κ1) is 15.7. The molecule has 0 saturated heterocycles. The zero-order valence-corrected chi connectivity index (χ0v) is 11.8. The van der Waals surface area contributed by atoms with Crippen LogP contribution in [0.4, 0.5) is 0 Å². The van der Waals surface area contributed by atoms with Crippen molar-refractivity contribution >= 4 is 11.9 Å². The van der Waals surface area contributed by atoms with Gasteiger partial charge in [0.2, 0.25) is 0 Å². The topological polar surface area (TPSA) is 90.2 Å². The second kappa shape index (κ2) is 6.71. The third kappa shape index (κ3) is 4.39. The van der Waals surface area contributed by atoms with Crippen molar-refractivity contribution in [3.8, 4) is 6.07 Å².